The van der Waals surface area contributed by atoms with Gasteiger partial charge in [0.25, 0.3) is 0 Å². The molecule has 0 radical (unpaired) electrons. The first-order chi connectivity index (χ1) is 6.75. The van der Waals surface area contributed by atoms with Crippen molar-refractivity contribution in [1.29, 1.82) is 0 Å². The van der Waals surface area contributed by atoms with Crippen LogP contribution in [-0.4, -0.2) is 17.5 Å². The van der Waals surface area contributed by atoms with Crippen molar-refractivity contribution in [1.82, 2.24) is 0 Å². The lowest BCUT2D eigenvalue weighted by molar-refractivity contribution is 0.596. The summed E-state index contributed by atoms with van der Waals surface area (Å²) in [6.07, 6.45) is 0. The first-order valence-corrected chi connectivity index (χ1v) is 6.01. The molecule has 3 heteroatoms. The van der Waals surface area contributed by atoms with Crippen LogP contribution in [-0.2, 0) is 0 Å². The average Bonchev–Trinajstić information content (AvgIpc) is 2.52. The smallest absolute Gasteiger partial charge is 0.125 e. The zero-order chi connectivity index (χ0) is 9.97. The Bertz CT molecular complexity index is 316. The Balaban J connectivity index is 2.03. The van der Waals surface area contributed by atoms with E-state index in [1.165, 1.54) is 11.8 Å². The van der Waals surface area contributed by atoms with Crippen LogP contribution in [0.15, 0.2) is 24.3 Å². The van der Waals surface area contributed by atoms with Gasteiger partial charge in [0.1, 0.15) is 5.82 Å². The molecule has 1 aromatic carbocycles. The maximum absolute atomic E-state index is 12.9. The summed E-state index contributed by atoms with van der Waals surface area (Å²) in [4.78, 5) is 0. The van der Waals surface area contributed by atoms with Crippen LogP contribution in [0.2, 0.25) is 0 Å². The predicted octanol–water partition coefficient (Wildman–Crippen LogP) is 2.99. The summed E-state index contributed by atoms with van der Waals surface area (Å²) in [5, 5.41) is 3.37. The molecule has 1 N–H and O–H groups in total. The second-order valence-corrected chi connectivity index (χ2v) is 4.85. The molecule has 1 aliphatic heterocycles. The number of hydrogen-bond acceptors (Lipinski definition) is 2. The van der Waals surface area contributed by atoms with Gasteiger partial charge < -0.3 is 5.32 Å². The molecular weight excluding hydrogens is 197 g/mol. The van der Waals surface area contributed by atoms with E-state index < -0.39 is 0 Å². The van der Waals surface area contributed by atoms with E-state index in [0.717, 1.165) is 11.4 Å². The number of benzene rings is 1. The van der Waals surface area contributed by atoms with Crippen LogP contribution in [0.25, 0.3) is 0 Å². The van der Waals surface area contributed by atoms with E-state index in [0.29, 0.717) is 12.0 Å². The summed E-state index contributed by atoms with van der Waals surface area (Å²) in [5.41, 5.74) is 0.893. The molecule has 2 unspecified atom stereocenters. The highest BCUT2D eigenvalue weighted by Crippen LogP contribution is 2.26. The zero-order valence-corrected chi connectivity index (χ0v) is 8.98. The number of rotatable bonds is 2. The van der Waals surface area contributed by atoms with E-state index >= 15 is 0 Å². The molecule has 1 saturated heterocycles. The molecule has 14 heavy (non-hydrogen) atoms. The molecule has 0 aliphatic carbocycles. The molecule has 0 amide bonds. The van der Waals surface area contributed by atoms with Gasteiger partial charge in [0.15, 0.2) is 0 Å². The minimum atomic E-state index is -0.173. The van der Waals surface area contributed by atoms with Crippen LogP contribution in [0.3, 0.4) is 0 Å². The van der Waals surface area contributed by atoms with E-state index in [2.05, 4.69) is 12.2 Å². The highest BCUT2D eigenvalue weighted by Gasteiger charge is 2.23. The fraction of sp³-hybridized carbons (Fsp3) is 0.455. The third-order valence-corrected chi connectivity index (χ3v) is 3.90. The number of hydrogen-bond donors (Lipinski definition) is 1. The van der Waals surface area contributed by atoms with Gasteiger partial charge >= 0.3 is 0 Å². The Labute approximate surface area is 88.1 Å². The Morgan fingerprint density at radius 1 is 1.43 bits per heavy atom. The largest absolute Gasteiger partial charge is 0.381 e. The van der Waals surface area contributed by atoms with Crippen molar-refractivity contribution in [2.24, 2.45) is 5.92 Å². The maximum Gasteiger partial charge on any atom is 0.125 e. The molecule has 0 aromatic heterocycles. The predicted molar refractivity (Wildman–Crippen MR) is 60.3 cm³/mol. The number of halogens is 1. The molecule has 1 heterocycles. The van der Waals surface area contributed by atoms with Crippen molar-refractivity contribution in [2.45, 2.75) is 13.0 Å². The van der Waals surface area contributed by atoms with Gasteiger partial charge in [-0.1, -0.05) is 13.0 Å². The van der Waals surface area contributed by atoms with Crippen molar-refractivity contribution < 1.29 is 4.39 Å². The van der Waals surface area contributed by atoms with Gasteiger partial charge in [-0.2, -0.15) is 11.8 Å². The average molecular weight is 211 g/mol. The minimum Gasteiger partial charge on any atom is -0.381 e. The maximum atomic E-state index is 12.9. The SMILES string of the molecule is CC1CSCC1Nc1cccc(F)c1. The number of nitrogens with one attached hydrogen (secondary N) is 1. The van der Waals surface area contributed by atoms with Crippen molar-refractivity contribution in [3.05, 3.63) is 30.1 Å². The van der Waals surface area contributed by atoms with Crippen molar-refractivity contribution >= 4 is 17.4 Å². The van der Waals surface area contributed by atoms with E-state index in [4.69, 9.17) is 0 Å². The Kier molecular flexibility index (Phi) is 2.96. The third-order valence-electron chi connectivity index (χ3n) is 2.54. The molecule has 0 spiro atoms. The summed E-state index contributed by atoms with van der Waals surface area (Å²) < 4.78 is 12.9. The van der Waals surface area contributed by atoms with Gasteiger partial charge in [0.2, 0.25) is 0 Å². The topological polar surface area (TPSA) is 12.0 Å². The van der Waals surface area contributed by atoms with Gasteiger partial charge in [-0.05, 0) is 29.9 Å². The van der Waals surface area contributed by atoms with Crippen LogP contribution in [0.5, 0.6) is 0 Å². The first kappa shape index (κ1) is 9.84. The summed E-state index contributed by atoms with van der Waals surface area (Å²) in [5.74, 6) is 2.82. The fourth-order valence-corrected chi connectivity index (χ4v) is 3.04. The molecule has 76 valence electrons. The fourth-order valence-electron chi connectivity index (χ4n) is 1.64. The number of anilines is 1. The molecule has 1 aliphatic rings. The van der Waals surface area contributed by atoms with Gasteiger partial charge in [0.05, 0.1) is 0 Å². The molecule has 1 aromatic rings. The van der Waals surface area contributed by atoms with Crippen molar-refractivity contribution in [3.63, 3.8) is 0 Å². The standard InChI is InChI=1S/C11H14FNS/c1-8-6-14-7-11(8)13-10-4-2-3-9(12)5-10/h2-5,8,11,13H,6-7H2,1H3. The van der Waals surface area contributed by atoms with Gasteiger partial charge in [-0.25, -0.2) is 4.39 Å². The molecule has 1 nitrogen and oxygen atoms in total. The minimum absolute atomic E-state index is 0.173. The van der Waals surface area contributed by atoms with Gasteiger partial charge in [0, 0.05) is 17.5 Å². The summed E-state index contributed by atoms with van der Waals surface area (Å²) in [6, 6.07) is 7.17. The van der Waals surface area contributed by atoms with Crippen molar-refractivity contribution in [3.8, 4) is 0 Å². The molecular formula is C11H14FNS. The lowest BCUT2D eigenvalue weighted by Gasteiger charge is -2.17. The highest BCUT2D eigenvalue weighted by molar-refractivity contribution is 7.99. The van der Waals surface area contributed by atoms with E-state index in [1.807, 2.05) is 17.8 Å². The monoisotopic (exact) mass is 211 g/mol. The van der Waals surface area contributed by atoms with E-state index in [1.54, 1.807) is 12.1 Å². The van der Waals surface area contributed by atoms with Crippen LogP contribution < -0.4 is 5.32 Å². The number of thioether (sulfide) groups is 1. The third kappa shape index (κ3) is 2.21. The molecule has 2 rings (SSSR count). The zero-order valence-electron chi connectivity index (χ0n) is 8.16. The lowest BCUT2D eigenvalue weighted by atomic mass is 10.1. The van der Waals surface area contributed by atoms with E-state index in [9.17, 15) is 4.39 Å². The Morgan fingerprint density at radius 3 is 2.93 bits per heavy atom. The second kappa shape index (κ2) is 4.22. The second-order valence-electron chi connectivity index (χ2n) is 3.78. The van der Waals surface area contributed by atoms with Crippen LogP contribution in [0.1, 0.15) is 6.92 Å². The van der Waals surface area contributed by atoms with Crippen molar-refractivity contribution in [2.75, 3.05) is 16.8 Å². The lowest BCUT2D eigenvalue weighted by Crippen LogP contribution is -2.25. The van der Waals surface area contributed by atoms with Gasteiger partial charge in [-0.3, -0.25) is 0 Å². The molecule has 2 atom stereocenters. The van der Waals surface area contributed by atoms with Crippen LogP contribution in [0.4, 0.5) is 10.1 Å². The normalized spacial score (nSPS) is 26.4. The van der Waals surface area contributed by atoms with E-state index in [-0.39, 0.29) is 5.82 Å². The molecule has 0 saturated carbocycles. The van der Waals surface area contributed by atoms with Crippen LogP contribution in [0, 0.1) is 11.7 Å². The Hall–Kier alpha value is -0.700. The highest BCUT2D eigenvalue weighted by atomic mass is 32.2. The first-order valence-electron chi connectivity index (χ1n) is 4.85. The summed E-state index contributed by atoms with van der Waals surface area (Å²) in [7, 11) is 0. The molecule has 0 bridgehead atoms. The quantitative estimate of drug-likeness (QED) is 0.807. The summed E-state index contributed by atoms with van der Waals surface area (Å²) >= 11 is 1.96. The molecule has 1 fully saturated rings. The van der Waals surface area contributed by atoms with Gasteiger partial charge in [-0.15, -0.1) is 0 Å². The summed E-state index contributed by atoms with van der Waals surface area (Å²) in [6.45, 7) is 2.23. The van der Waals surface area contributed by atoms with Crippen LogP contribution >= 0.6 is 11.8 Å². The Morgan fingerprint density at radius 2 is 2.29 bits per heavy atom.